The number of rotatable bonds is 7. The summed E-state index contributed by atoms with van der Waals surface area (Å²) in [6.45, 7) is 10.2. The predicted octanol–water partition coefficient (Wildman–Crippen LogP) is 7.00. The number of fused-ring (bicyclic) bond motifs is 1. The third-order valence-corrected chi connectivity index (χ3v) is 6.42. The van der Waals surface area contributed by atoms with Crippen LogP contribution in [0.4, 0.5) is 0 Å². The van der Waals surface area contributed by atoms with Crippen molar-refractivity contribution in [3.63, 3.8) is 0 Å². The molecule has 0 aliphatic heterocycles. The molecule has 0 aliphatic carbocycles. The van der Waals surface area contributed by atoms with E-state index in [1.165, 1.54) is 0 Å². The molecule has 0 spiro atoms. The minimum Gasteiger partial charge on any atom is -0.456 e. The van der Waals surface area contributed by atoms with Crippen molar-refractivity contribution in [3.8, 4) is 11.3 Å². The number of ether oxygens (including phenoxy) is 1. The van der Waals surface area contributed by atoms with Crippen LogP contribution in [-0.4, -0.2) is 27.6 Å². The van der Waals surface area contributed by atoms with Gasteiger partial charge in [-0.2, -0.15) is 5.10 Å². The van der Waals surface area contributed by atoms with Crippen LogP contribution in [0.2, 0.25) is 0 Å². The Morgan fingerprint density at radius 1 is 1.14 bits per heavy atom. The van der Waals surface area contributed by atoms with Crippen molar-refractivity contribution in [3.05, 3.63) is 75.2 Å². The highest BCUT2D eigenvalue weighted by Crippen LogP contribution is 2.39. The molecule has 0 amide bonds. The Hall–Kier alpha value is -3.19. The molecule has 2 aromatic carbocycles. The van der Waals surface area contributed by atoms with Crippen molar-refractivity contribution in [2.24, 2.45) is 0 Å². The van der Waals surface area contributed by atoms with Gasteiger partial charge in [0.25, 0.3) is 0 Å². The lowest BCUT2D eigenvalue weighted by Gasteiger charge is -2.20. The second kappa shape index (κ2) is 9.82. The maximum atomic E-state index is 12.9. The number of carbonyl (C=O) groups is 2. The maximum Gasteiger partial charge on any atom is 0.339 e. The fourth-order valence-corrected chi connectivity index (χ4v) is 4.76. The maximum absolute atomic E-state index is 12.9. The fourth-order valence-electron chi connectivity index (χ4n) is 4.27. The van der Waals surface area contributed by atoms with E-state index in [1.54, 1.807) is 10.7 Å². The van der Waals surface area contributed by atoms with E-state index in [0.717, 1.165) is 40.3 Å². The van der Waals surface area contributed by atoms with E-state index in [1.807, 2.05) is 65.0 Å². The molecule has 0 bridgehead atoms. The molecule has 0 aliphatic rings. The molecule has 7 heteroatoms. The summed E-state index contributed by atoms with van der Waals surface area (Å²) < 4.78 is 14.1. The van der Waals surface area contributed by atoms with Gasteiger partial charge < -0.3 is 9.15 Å². The number of esters is 1. The monoisotopic (exact) mass is 536 g/mol. The van der Waals surface area contributed by atoms with E-state index >= 15 is 0 Å². The lowest BCUT2D eigenvalue weighted by molar-refractivity contribution is 0.00701. The number of aryl methyl sites for hydroxylation is 2. The minimum absolute atomic E-state index is 0.396. The number of furan rings is 1. The van der Waals surface area contributed by atoms with Crippen LogP contribution >= 0.6 is 15.9 Å². The number of aromatic nitrogens is 2. The Morgan fingerprint density at radius 3 is 2.54 bits per heavy atom. The smallest absolute Gasteiger partial charge is 0.339 e. The van der Waals surface area contributed by atoms with E-state index in [2.05, 4.69) is 27.1 Å². The highest BCUT2D eigenvalue weighted by atomic mass is 79.9. The van der Waals surface area contributed by atoms with Gasteiger partial charge >= 0.3 is 5.97 Å². The topological polar surface area (TPSA) is 74.3 Å². The number of nitrogens with zero attached hydrogens (tertiary/aromatic N) is 2. The van der Waals surface area contributed by atoms with Crippen molar-refractivity contribution in [1.82, 2.24) is 9.78 Å². The highest BCUT2D eigenvalue weighted by molar-refractivity contribution is 9.10. The molecule has 0 saturated heterocycles. The molecule has 0 N–H and O–H groups in total. The summed E-state index contributed by atoms with van der Waals surface area (Å²) in [7, 11) is 0. The predicted molar refractivity (Wildman–Crippen MR) is 140 cm³/mol. The highest BCUT2D eigenvalue weighted by Gasteiger charge is 2.24. The van der Waals surface area contributed by atoms with Crippen molar-refractivity contribution in [2.75, 3.05) is 0 Å². The minimum atomic E-state index is -0.603. The van der Waals surface area contributed by atoms with E-state index in [-0.39, 0.29) is 0 Å². The third-order valence-electron chi connectivity index (χ3n) is 5.83. The molecular formula is C28H29BrN2O4. The lowest BCUT2D eigenvalue weighted by Crippen LogP contribution is -2.24. The summed E-state index contributed by atoms with van der Waals surface area (Å²) in [6, 6.07) is 13.4. The van der Waals surface area contributed by atoms with Crippen LogP contribution in [0.25, 0.3) is 22.1 Å². The van der Waals surface area contributed by atoms with E-state index in [0.29, 0.717) is 40.2 Å². The van der Waals surface area contributed by atoms with Crippen LogP contribution in [0, 0.1) is 0 Å². The summed E-state index contributed by atoms with van der Waals surface area (Å²) >= 11 is 3.56. The average Bonchev–Trinajstić information content (AvgIpc) is 3.34. The Bertz CT molecular complexity index is 1410. The zero-order chi connectivity index (χ0) is 25.3. The van der Waals surface area contributed by atoms with Gasteiger partial charge in [-0.1, -0.05) is 37.3 Å². The van der Waals surface area contributed by atoms with E-state index < -0.39 is 11.6 Å². The molecule has 0 radical (unpaired) electrons. The molecular weight excluding hydrogens is 508 g/mol. The molecule has 2 heterocycles. The largest absolute Gasteiger partial charge is 0.456 e. The molecule has 2 aromatic heterocycles. The summed E-state index contributed by atoms with van der Waals surface area (Å²) in [6.07, 6.45) is 2.24. The average molecular weight is 537 g/mol. The molecule has 6 nitrogen and oxygen atoms in total. The van der Waals surface area contributed by atoms with Gasteiger partial charge in [-0.05, 0) is 67.7 Å². The number of hydrogen-bond donors (Lipinski definition) is 0. The first kappa shape index (κ1) is 24.9. The Balaban J connectivity index is 1.76. The van der Waals surface area contributed by atoms with Crippen LogP contribution in [0.5, 0.6) is 0 Å². The molecule has 0 atom stereocenters. The van der Waals surface area contributed by atoms with Gasteiger partial charge in [0.2, 0.25) is 0 Å². The normalized spacial score (nSPS) is 11.7. The van der Waals surface area contributed by atoms with Crippen LogP contribution in [-0.2, 0) is 24.1 Å². The number of halogens is 1. The molecule has 182 valence electrons. The SMILES string of the molecule is CCc1nn(CC)c(C=O)c1Cc1ccc2c(-c3ccccc3C(=O)OC(C)(C)C)oc(Br)c2c1. The number of aldehydes is 1. The van der Waals surface area contributed by atoms with Crippen molar-refractivity contribution < 1.29 is 18.7 Å². The first-order valence-corrected chi connectivity index (χ1v) is 12.5. The molecule has 35 heavy (non-hydrogen) atoms. The number of hydrogen-bond acceptors (Lipinski definition) is 5. The summed E-state index contributed by atoms with van der Waals surface area (Å²) in [5, 5.41) is 6.38. The first-order valence-electron chi connectivity index (χ1n) is 11.7. The number of benzene rings is 2. The molecule has 4 rings (SSSR count). The summed E-state index contributed by atoms with van der Waals surface area (Å²) in [5.74, 6) is 0.202. The van der Waals surface area contributed by atoms with Crippen molar-refractivity contribution in [2.45, 2.75) is 59.6 Å². The fraction of sp³-hybridized carbons (Fsp3) is 0.321. The van der Waals surface area contributed by atoms with Gasteiger partial charge in [-0.3, -0.25) is 9.48 Å². The zero-order valence-electron chi connectivity index (χ0n) is 20.6. The van der Waals surface area contributed by atoms with Gasteiger partial charge in [-0.25, -0.2) is 4.79 Å². The van der Waals surface area contributed by atoms with Crippen LogP contribution < -0.4 is 0 Å². The van der Waals surface area contributed by atoms with E-state index in [9.17, 15) is 9.59 Å². The van der Waals surface area contributed by atoms with Crippen LogP contribution in [0.15, 0.2) is 51.6 Å². The lowest BCUT2D eigenvalue weighted by atomic mass is 9.98. The Labute approximate surface area is 213 Å². The molecule has 0 unspecified atom stereocenters. The summed E-state index contributed by atoms with van der Waals surface area (Å²) in [4.78, 5) is 24.7. The van der Waals surface area contributed by atoms with Crippen molar-refractivity contribution >= 4 is 39.0 Å². The molecule has 0 fully saturated rings. The van der Waals surface area contributed by atoms with Gasteiger partial charge in [0.05, 0.1) is 11.3 Å². The molecule has 0 saturated carbocycles. The van der Waals surface area contributed by atoms with E-state index in [4.69, 9.17) is 9.15 Å². The van der Waals surface area contributed by atoms with Crippen LogP contribution in [0.1, 0.15) is 72.3 Å². The second-order valence-corrected chi connectivity index (χ2v) is 10.1. The first-order chi connectivity index (χ1) is 16.7. The van der Waals surface area contributed by atoms with Crippen molar-refractivity contribution in [1.29, 1.82) is 0 Å². The van der Waals surface area contributed by atoms with Gasteiger partial charge in [0.15, 0.2) is 11.0 Å². The molecule has 4 aromatic rings. The standard InChI is InChI=1S/C28H29BrN2O4/c1-6-23-22(24(16-32)31(7-2)30-23)15-17-12-13-19-21(14-17)26(29)34-25(19)18-10-8-9-11-20(18)27(33)35-28(3,4)5/h8-14,16H,6-7,15H2,1-5H3. The summed E-state index contributed by atoms with van der Waals surface area (Å²) in [5.41, 5.74) is 4.08. The Kier molecular flexibility index (Phi) is 6.99. The van der Waals surface area contributed by atoms with Gasteiger partial charge in [-0.15, -0.1) is 0 Å². The third kappa shape index (κ3) is 4.96. The van der Waals surface area contributed by atoms with Gasteiger partial charge in [0, 0.05) is 34.9 Å². The second-order valence-electron chi connectivity index (χ2n) is 9.41. The van der Waals surface area contributed by atoms with Gasteiger partial charge in [0.1, 0.15) is 17.1 Å². The van der Waals surface area contributed by atoms with Crippen LogP contribution in [0.3, 0.4) is 0 Å². The number of carbonyl (C=O) groups excluding carboxylic acids is 2. The zero-order valence-corrected chi connectivity index (χ0v) is 22.2. The quantitative estimate of drug-likeness (QED) is 0.188. The Morgan fingerprint density at radius 2 is 1.89 bits per heavy atom.